The molecule has 1 aliphatic heterocycles. The number of carbonyl (C=O) groups is 1. The average molecular weight is 499 g/mol. The Morgan fingerprint density at radius 3 is 2.58 bits per heavy atom. The summed E-state index contributed by atoms with van der Waals surface area (Å²) in [4.78, 5) is 18.1. The summed E-state index contributed by atoms with van der Waals surface area (Å²) in [6, 6.07) is 13.2. The van der Waals surface area contributed by atoms with Crippen molar-refractivity contribution in [3.8, 4) is 0 Å². The molecule has 0 amide bonds. The Balaban J connectivity index is 1.58. The number of anilines is 1. The van der Waals surface area contributed by atoms with E-state index in [1.807, 2.05) is 18.2 Å². The number of aromatic nitrogens is 3. The Labute approximate surface area is 207 Å². The second kappa shape index (κ2) is 8.49. The van der Waals surface area contributed by atoms with E-state index in [-0.39, 0.29) is 11.2 Å². The lowest BCUT2D eigenvalue weighted by Gasteiger charge is -2.38. The largest absolute Gasteiger partial charge is 0.328 e. The number of carbonyl (C=O) groups excluding carboxylic acids is 1. The van der Waals surface area contributed by atoms with Crippen molar-refractivity contribution in [2.75, 3.05) is 5.32 Å². The molecule has 0 spiro atoms. The van der Waals surface area contributed by atoms with Crippen molar-refractivity contribution in [1.82, 2.24) is 14.8 Å². The molecule has 2 heterocycles. The van der Waals surface area contributed by atoms with Gasteiger partial charge in [-0.15, -0.1) is 5.10 Å². The third-order valence-corrected chi connectivity index (χ3v) is 7.75. The molecule has 8 heteroatoms. The number of hydrogen-bond acceptors (Lipinski definition) is 5. The molecule has 0 unspecified atom stereocenters. The molecule has 0 saturated heterocycles. The number of allylic oxidation sites excluding steroid dienone is 2. The van der Waals surface area contributed by atoms with Crippen molar-refractivity contribution < 1.29 is 4.79 Å². The number of fused-ring (bicyclic) bond motifs is 1. The highest BCUT2D eigenvalue weighted by Gasteiger charge is 2.43. The number of hydrogen-bond donors (Lipinski definition) is 1. The number of nitrogens with zero attached hydrogens (tertiary/aromatic N) is 3. The number of Topliss-reactive ketones (excluding diaryl/α,β-unsaturated/α-hetero) is 1. The molecule has 33 heavy (non-hydrogen) atoms. The maximum absolute atomic E-state index is 13.4. The number of nitrogens with one attached hydrogen (secondary N) is 1. The Bertz CT molecular complexity index is 1280. The van der Waals surface area contributed by atoms with Crippen LogP contribution in [0.5, 0.6) is 0 Å². The van der Waals surface area contributed by atoms with E-state index >= 15 is 0 Å². The third-order valence-electron chi connectivity index (χ3n) is 6.20. The number of benzene rings is 2. The first-order valence-corrected chi connectivity index (χ1v) is 12.6. The van der Waals surface area contributed by atoms with E-state index < -0.39 is 6.04 Å². The summed E-state index contributed by atoms with van der Waals surface area (Å²) in [5, 5.41) is 9.86. The molecule has 170 valence electrons. The Hall–Kier alpha value is -2.28. The lowest BCUT2D eigenvalue weighted by atomic mass is 9.73. The minimum Gasteiger partial charge on any atom is -0.328 e. The van der Waals surface area contributed by atoms with E-state index in [1.54, 1.807) is 28.6 Å². The minimum atomic E-state index is -0.513. The standard InChI is InChI=1S/C25H24Cl2N4OS/c1-14-7-4-5-8-15(14)13-33-24-29-23-28-18-11-25(2,3)12-19(32)21(18)22(31(23)30-24)20-16(26)9-6-10-17(20)27/h4-10,22H,11-13H2,1-3H3,(H,28,29,30)/t22-/m1/s1. The highest BCUT2D eigenvalue weighted by atomic mass is 35.5. The maximum atomic E-state index is 13.4. The van der Waals surface area contributed by atoms with Crippen LogP contribution in [-0.2, 0) is 10.5 Å². The molecule has 3 aromatic rings. The van der Waals surface area contributed by atoms with Gasteiger partial charge in [0, 0.05) is 39.1 Å². The lowest BCUT2D eigenvalue weighted by Crippen LogP contribution is -2.36. The van der Waals surface area contributed by atoms with Crippen molar-refractivity contribution in [1.29, 1.82) is 0 Å². The highest BCUT2D eigenvalue weighted by Crippen LogP contribution is 2.48. The maximum Gasteiger partial charge on any atom is 0.227 e. The molecule has 1 aromatic heterocycles. The second-order valence-corrected chi connectivity index (χ2v) is 11.1. The molecule has 1 aliphatic carbocycles. The van der Waals surface area contributed by atoms with Gasteiger partial charge in [-0.25, -0.2) is 4.68 Å². The fraction of sp³-hybridized carbons (Fsp3) is 0.320. The van der Waals surface area contributed by atoms with Crippen molar-refractivity contribution in [3.63, 3.8) is 0 Å². The summed E-state index contributed by atoms with van der Waals surface area (Å²) in [5.41, 5.74) is 4.58. The van der Waals surface area contributed by atoms with Crippen LogP contribution in [0.15, 0.2) is 58.9 Å². The minimum absolute atomic E-state index is 0.0880. The van der Waals surface area contributed by atoms with E-state index in [1.165, 1.54) is 11.1 Å². The molecule has 1 N–H and O–H groups in total. The van der Waals surface area contributed by atoms with Gasteiger partial charge in [0.15, 0.2) is 5.78 Å². The molecule has 5 rings (SSSR count). The van der Waals surface area contributed by atoms with E-state index in [2.05, 4.69) is 38.2 Å². The Morgan fingerprint density at radius 1 is 1.12 bits per heavy atom. The summed E-state index contributed by atoms with van der Waals surface area (Å²) in [7, 11) is 0. The fourth-order valence-corrected chi connectivity index (χ4v) is 6.11. The smallest absolute Gasteiger partial charge is 0.227 e. The average Bonchev–Trinajstić information content (AvgIpc) is 3.14. The predicted molar refractivity (Wildman–Crippen MR) is 134 cm³/mol. The van der Waals surface area contributed by atoms with Crippen LogP contribution in [-0.4, -0.2) is 20.5 Å². The van der Waals surface area contributed by atoms with Crippen molar-refractivity contribution >= 4 is 46.7 Å². The van der Waals surface area contributed by atoms with Crippen LogP contribution < -0.4 is 5.32 Å². The first-order valence-electron chi connectivity index (χ1n) is 10.8. The van der Waals surface area contributed by atoms with Gasteiger partial charge >= 0.3 is 0 Å². The van der Waals surface area contributed by atoms with Crippen LogP contribution in [0.4, 0.5) is 5.95 Å². The van der Waals surface area contributed by atoms with Gasteiger partial charge in [-0.2, -0.15) is 4.98 Å². The fourth-order valence-electron chi connectivity index (χ4n) is 4.60. The van der Waals surface area contributed by atoms with Gasteiger partial charge in [0.25, 0.3) is 0 Å². The Kier molecular flexibility index (Phi) is 5.79. The molecule has 0 bridgehead atoms. The molecule has 2 aliphatic rings. The molecule has 1 atom stereocenters. The van der Waals surface area contributed by atoms with Gasteiger partial charge < -0.3 is 5.32 Å². The molecule has 0 fully saturated rings. The van der Waals surface area contributed by atoms with E-state index in [0.717, 1.165) is 17.9 Å². The normalized spacial score (nSPS) is 19.2. The van der Waals surface area contributed by atoms with E-state index in [4.69, 9.17) is 33.3 Å². The molecular formula is C25H24Cl2N4OS. The van der Waals surface area contributed by atoms with Crippen molar-refractivity contribution in [3.05, 3.63) is 80.5 Å². The van der Waals surface area contributed by atoms with Crippen molar-refractivity contribution in [2.24, 2.45) is 5.41 Å². The number of rotatable bonds is 4. The van der Waals surface area contributed by atoms with Crippen LogP contribution in [0.2, 0.25) is 10.0 Å². The summed E-state index contributed by atoms with van der Waals surface area (Å²) < 4.78 is 1.77. The summed E-state index contributed by atoms with van der Waals surface area (Å²) in [6.45, 7) is 6.32. The van der Waals surface area contributed by atoms with E-state index in [9.17, 15) is 4.79 Å². The Morgan fingerprint density at radius 2 is 1.85 bits per heavy atom. The lowest BCUT2D eigenvalue weighted by molar-refractivity contribution is -0.118. The summed E-state index contributed by atoms with van der Waals surface area (Å²) in [5.74, 6) is 1.45. The number of thioether (sulfide) groups is 1. The van der Waals surface area contributed by atoms with Gasteiger partial charge in [0.2, 0.25) is 11.1 Å². The number of halogens is 2. The quantitative estimate of drug-likeness (QED) is 0.398. The van der Waals surface area contributed by atoms with Crippen molar-refractivity contribution in [2.45, 2.75) is 50.6 Å². The van der Waals surface area contributed by atoms with Crippen LogP contribution >= 0.6 is 35.0 Å². The van der Waals surface area contributed by atoms with Crippen LogP contribution in [0.3, 0.4) is 0 Å². The van der Waals surface area contributed by atoms with Gasteiger partial charge in [-0.05, 0) is 42.0 Å². The summed E-state index contributed by atoms with van der Waals surface area (Å²) >= 11 is 14.8. The third kappa shape index (κ3) is 4.20. The first-order chi connectivity index (χ1) is 15.7. The zero-order valence-corrected chi connectivity index (χ0v) is 21.0. The van der Waals surface area contributed by atoms with Gasteiger partial charge in [0.1, 0.15) is 6.04 Å². The number of ketones is 1. The zero-order valence-electron chi connectivity index (χ0n) is 18.7. The SMILES string of the molecule is Cc1ccccc1CSc1nc2n(n1)[C@H](c1c(Cl)cccc1Cl)C1=C(CC(C)(C)CC1=O)N2. The highest BCUT2D eigenvalue weighted by molar-refractivity contribution is 7.98. The van der Waals surface area contributed by atoms with Gasteiger partial charge in [-0.3, -0.25) is 4.79 Å². The topological polar surface area (TPSA) is 59.8 Å². The monoisotopic (exact) mass is 498 g/mol. The van der Waals surface area contributed by atoms with E-state index in [0.29, 0.717) is 38.7 Å². The molecule has 0 radical (unpaired) electrons. The zero-order chi connectivity index (χ0) is 23.3. The van der Waals surface area contributed by atoms with Crippen LogP contribution in [0, 0.1) is 12.3 Å². The molecule has 2 aromatic carbocycles. The molecular weight excluding hydrogens is 475 g/mol. The molecule has 0 saturated carbocycles. The first kappa shape index (κ1) is 22.5. The predicted octanol–water partition coefficient (Wildman–Crippen LogP) is 6.84. The van der Waals surface area contributed by atoms with Crippen LogP contribution in [0.1, 0.15) is 49.4 Å². The van der Waals surface area contributed by atoms with Gasteiger partial charge in [-0.1, -0.05) is 79.1 Å². The van der Waals surface area contributed by atoms with Gasteiger partial charge in [0.05, 0.1) is 0 Å². The summed E-state index contributed by atoms with van der Waals surface area (Å²) in [6.07, 6.45) is 1.20. The number of aryl methyl sites for hydroxylation is 1. The van der Waals surface area contributed by atoms with Crippen LogP contribution in [0.25, 0.3) is 0 Å². The second-order valence-electron chi connectivity index (χ2n) is 9.37. The molecule has 5 nitrogen and oxygen atoms in total.